The zero-order chi connectivity index (χ0) is 19.2. The lowest BCUT2D eigenvalue weighted by atomic mass is 10.3. The predicted octanol–water partition coefficient (Wildman–Crippen LogP) is 0.509. The van der Waals surface area contributed by atoms with Crippen LogP contribution in [0.4, 0.5) is 0 Å². The van der Waals surface area contributed by atoms with E-state index in [1.807, 2.05) is 0 Å². The highest BCUT2D eigenvalue weighted by molar-refractivity contribution is 7.89. The van der Waals surface area contributed by atoms with Crippen LogP contribution in [-0.4, -0.2) is 51.3 Å². The summed E-state index contributed by atoms with van der Waals surface area (Å²) in [5, 5.41) is 9.08. The number of benzene rings is 1. The number of para-hydroxylation sites is 2. The summed E-state index contributed by atoms with van der Waals surface area (Å²) >= 11 is 0. The van der Waals surface area contributed by atoms with Crippen LogP contribution in [0, 0.1) is 13.8 Å². The first-order valence-corrected chi connectivity index (χ1v) is 9.37. The van der Waals surface area contributed by atoms with Gasteiger partial charge in [0, 0.05) is 13.1 Å². The molecule has 0 saturated carbocycles. The summed E-state index contributed by atoms with van der Waals surface area (Å²) in [5.74, 6) is 0.612. The van der Waals surface area contributed by atoms with Gasteiger partial charge in [-0.05, 0) is 26.0 Å². The van der Waals surface area contributed by atoms with Crippen LogP contribution >= 0.6 is 0 Å². The normalized spacial score (nSPS) is 11.2. The molecule has 9 nitrogen and oxygen atoms in total. The van der Waals surface area contributed by atoms with Gasteiger partial charge in [-0.1, -0.05) is 12.1 Å². The molecule has 0 fully saturated rings. The average Bonchev–Trinajstić information content (AvgIpc) is 2.96. The molecule has 1 aromatic heterocycles. The summed E-state index contributed by atoms with van der Waals surface area (Å²) in [7, 11) is -2.17. The first-order valence-electron chi connectivity index (χ1n) is 7.89. The van der Waals surface area contributed by atoms with Crippen molar-refractivity contribution in [2.75, 3.05) is 26.8 Å². The Kier molecular flexibility index (Phi) is 6.58. The number of aryl methyl sites for hydroxylation is 2. The lowest BCUT2D eigenvalue weighted by Crippen LogP contribution is -2.37. The molecular formula is C16H22N4O5S. The molecule has 2 aromatic rings. The monoisotopic (exact) mass is 382 g/mol. The number of rotatable bonds is 9. The quantitative estimate of drug-likeness (QED) is 0.543. The van der Waals surface area contributed by atoms with Crippen LogP contribution in [0.3, 0.4) is 0 Å². The first kappa shape index (κ1) is 19.7. The Morgan fingerprint density at radius 3 is 2.50 bits per heavy atom. The summed E-state index contributed by atoms with van der Waals surface area (Å²) in [4.78, 5) is 11.9. The zero-order valence-electron chi connectivity index (χ0n) is 14.8. The van der Waals surface area contributed by atoms with Crippen molar-refractivity contribution in [3.05, 3.63) is 35.7 Å². The van der Waals surface area contributed by atoms with E-state index in [1.54, 1.807) is 38.1 Å². The molecule has 3 N–H and O–H groups in total. The molecule has 0 radical (unpaired) electrons. The molecule has 10 heteroatoms. The van der Waals surface area contributed by atoms with Crippen molar-refractivity contribution in [2.24, 2.45) is 0 Å². The van der Waals surface area contributed by atoms with E-state index in [0.29, 0.717) is 22.9 Å². The van der Waals surface area contributed by atoms with E-state index in [4.69, 9.17) is 9.47 Å². The van der Waals surface area contributed by atoms with E-state index in [9.17, 15) is 13.2 Å². The maximum Gasteiger partial charge on any atom is 0.257 e. The van der Waals surface area contributed by atoms with Crippen molar-refractivity contribution in [1.29, 1.82) is 0 Å². The maximum absolute atomic E-state index is 12.2. The van der Waals surface area contributed by atoms with E-state index >= 15 is 0 Å². The number of hydrogen-bond acceptors (Lipinski definition) is 6. The molecule has 0 saturated heterocycles. The van der Waals surface area contributed by atoms with Gasteiger partial charge in [-0.15, -0.1) is 0 Å². The van der Waals surface area contributed by atoms with Crippen LogP contribution in [0.2, 0.25) is 0 Å². The second kappa shape index (κ2) is 8.68. The molecule has 0 aliphatic rings. The summed E-state index contributed by atoms with van der Waals surface area (Å²) < 4.78 is 37.4. The van der Waals surface area contributed by atoms with E-state index < -0.39 is 10.0 Å². The number of carbonyl (C=O) groups excluding carboxylic acids is 1. The molecule has 1 aromatic carbocycles. The minimum atomic E-state index is -3.68. The smallest absolute Gasteiger partial charge is 0.257 e. The Bertz CT molecular complexity index is 844. The van der Waals surface area contributed by atoms with Gasteiger partial charge in [0.05, 0.1) is 18.5 Å². The summed E-state index contributed by atoms with van der Waals surface area (Å²) in [6.07, 6.45) is 0. The fourth-order valence-corrected chi connectivity index (χ4v) is 3.73. The van der Waals surface area contributed by atoms with Gasteiger partial charge in [0.15, 0.2) is 18.1 Å². The van der Waals surface area contributed by atoms with Gasteiger partial charge in [0.1, 0.15) is 4.90 Å². The lowest BCUT2D eigenvalue weighted by Gasteiger charge is -2.11. The number of ether oxygens (including phenoxy) is 2. The molecule has 1 heterocycles. The third kappa shape index (κ3) is 4.96. The second-order valence-electron chi connectivity index (χ2n) is 5.45. The summed E-state index contributed by atoms with van der Waals surface area (Å²) in [6.45, 7) is 3.21. The average molecular weight is 382 g/mol. The molecule has 0 spiro atoms. The fourth-order valence-electron chi connectivity index (χ4n) is 2.33. The number of aromatic amines is 1. The third-order valence-corrected chi connectivity index (χ3v) is 5.22. The standard InChI is InChI=1S/C16H22N4O5S/c1-11-16(12(2)20-19-11)26(22,23)18-9-8-17-15(21)10-25-14-7-5-4-6-13(14)24-3/h4-7,18H,8-10H2,1-3H3,(H,17,21)(H,19,20). The Morgan fingerprint density at radius 1 is 1.19 bits per heavy atom. The molecule has 1 amide bonds. The number of hydrogen-bond donors (Lipinski definition) is 3. The second-order valence-corrected chi connectivity index (χ2v) is 7.15. The number of methoxy groups -OCH3 is 1. The Labute approximate surface area is 152 Å². The Morgan fingerprint density at radius 2 is 1.88 bits per heavy atom. The van der Waals surface area contributed by atoms with Crippen molar-refractivity contribution in [2.45, 2.75) is 18.7 Å². The fraction of sp³-hybridized carbons (Fsp3) is 0.375. The Balaban J connectivity index is 1.77. The van der Waals surface area contributed by atoms with Gasteiger partial charge in [0.2, 0.25) is 10.0 Å². The molecule has 0 aliphatic carbocycles. The minimum Gasteiger partial charge on any atom is -0.493 e. The highest BCUT2D eigenvalue weighted by Crippen LogP contribution is 2.25. The number of carbonyl (C=O) groups is 1. The zero-order valence-corrected chi connectivity index (χ0v) is 15.6. The molecule has 0 unspecified atom stereocenters. The first-order chi connectivity index (χ1) is 12.3. The summed E-state index contributed by atoms with van der Waals surface area (Å²) in [6, 6.07) is 6.98. The van der Waals surface area contributed by atoms with Gasteiger partial charge in [-0.25, -0.2) is 13.1 Å². The molecule has 0 atom stereocenters. The van der Waals surface area contributed by atoms with Crippen LogP contribution in [0.1, 0.15) is 11.4 Å². The molecule has 2 rings (SSSR count). The van der Waals surface area contributed by atoms with E-state index in [1.165, 1.54) is 7.11 Å². The third-order valence-electron chi connectivity index (χ3n) is 3.50. The molecule has 0 aliphatic heterocycles. The van der Waals surface area contributed by atoms with Crippen LogP contribution in [-0.2, 0) is 14.8 Å². The molecule has 0 bridgehead atoms. The van der Waals surface area contributed by atoms with E-state index in [2.05, 4.69) is 20.2 Å². The lowest BCUT2D eigenvalue weighted by molar-refractivity contribution is -0.123. The van der Waals surface area contributed by atoms with E-state index in [-0.39, 0.29) is 30.5 Å². The van der Waals surface area contributed by atoms with Gasteiger partial charge in [0.25, 0.3) is 5.91 Å². The Hall–Kier alpha value is -2.59. The van der Waals surface area contributed by atoms with Gasteiger partial charge in [-0.3, -0.25) is 9.89 Å². The highest BCUT2D eigenvalue weighted by atomic mass is 32.2. The van der Waals surface area contributed by atoms with Crippen LogP contribution in [0.15, 0.2) is 29.2 Å². The maximum atomic E-state index is 12.2. The number of nitrogens with zero attached hydrogens (tertiary/aromatic N) is 1. The highest BCUT2D eigenvalue weighted by Gasteiger charge is 2.21. The van der Waals surface area contributed by atoms with Crippen molar-refractivity contribution in [3.63, 3.8) is 0 Å². The number of amides is 1. The number of H-pyrrole nitrogens is 1. The molecular weight excluding hydrogens is 360 g/mol. The van der Waals surface area contributed by atoms with Crippen molar-refractivity contribution in [3.8, 4) is 11.5 Å². The SMILES string of the molecule is COc1ccccc1OCC(=O)NCCNS(=O)(=O)c1c(C)n[nH]c1C. The minimum absolute atomic E-state index is 0.0484. The van der Waals surface area contributed by atoms with Crippen LogP contribution in [0.5, 0.6) is 11.5 Å². The number of aromatic nitrogens is 2. The number of sulfonamides is 1. The van der Waals surface area contributed by atoms with Crippen molar-refractivity contribution < 1.29 is 22.7 Å². The number of nitrogens with one attached hydrogen (secondary N) is 3. The van der Waals surface area contributed by atoms with Gasteiger partial charge < -0.3 is 14.8 Å². The predicted molar refractivity (Wildman–Crippen MR) is 94.7 cm³/mol. The topological polar surface area (TPSA) is 122 Å². The summed E-state index contributed by atoms with van der Waals surface area (Å²) in [5.41, 5.74) is 0.855. The van der Waals surface area contributed by atoms with Crippen LogP contribution in [0.25, 0.3) is 0 Å². The van der Waals surface area contributed by atoms with Crippen LogP contribution < -0.4 is 19.5 Å². The van der Waals surface area contributed by atoms with Crippen molar-refractivity contribution in [1.82, 2.24) is 20.2 Å². The van der Waals surface area contributed by atoms with Gasteiger partial charge >= 0.3 is 0 Å². The largest absolute Gasteiger partial charge is 0.493 e. The van der Waals surface area contributed by atoms with Crippen molar-refractivity contribution >= 4 is 15.9 Å². The van der Waals surface area contributed by atoms with Gasteiger partial charge in [-0.2, -0.15) is 5.10 Å². The molecule has 142 valence electrons. The molecule has 26 heavy (non-hydrogen) atoms. The van der Waals surface area contributed by atoms with E-state index in [0.717, 1.165) is 0 Å².